The Morgan fingerprint density at radius 1 is 0.615 bits per heavy atom. The molecule has 0 spiro atoms. The highest BCUT2D eigenvalue weighted by Crippen LogP contribution is 2.15. The number of amides is 2. The maximum Gasteiger partial charge on any atom is 0.271 e. The van der Waals surface area contributed by atoms with Crippen molar-refractivity contribution in [2.24, 2.45) is 10.2 Å². The molecule has 0 bridgehead atoms. The van der Waals surface area contributed by atoms with Crippen LogP contribution in [0.3, 0.4) is 0 Å². The van der Waals surface area contributed by atoms with Crippen LogP contribution >= 0.6 is 0 Å². The lowest BCUT2D eigenvalue weighted by Crippen LogP contribution is -2.22. The Kier molecular flexibility index (Phi) is 6.52. The molecule has 0 heterocycles. The number of hydrazone groups is 2. The van der Waals surface area contributed by atoms with Crippen LogP contribution in [0.1, 0.15) is 84.9 Å². The first-order chi connectivity index (χ1) is 12.7. The summed E-state index contributed by atoms with van der Waals surface area (Å²) < 4.78 is 0. The van der Waals surface area contributed by atoms with Gasteiger partial charge < -0.3 is 0 Å². The monoisotopic (exact) mass is 354 g/mol. The smallest absolute Gasteiger partial charge is 0.267 e. The summed E-state index contributed by atoms with van der Waals surface area (Å²) in [5.41, 5.74) is 8.31. The predicted octanol–water partition coefficient (Wildman–Crippen LogP) is 3.79. The van der Waals surface area contributed by atoms with Crippen molar-refractivity contribution in [1.82, 2.24) is 10.9 Å². The topological polar surface area (TPSA) is 82.9 Å². The molecule has 0 unspecified atom stereocenters. The summed E-state index contributed by atoms with van der Waals surface area (Å²) in [6.45, 7) is 0. The van der Waals surface area contributed by atoms with Crippen LogP contribution in [-0.2, 0) is 0 Å². The van der Waals surface area contributed by atoms with Crippen molar-refractivity contribution in [2.45, 2.75) is 64.2 Å². The van der Waals surface area contributed by atoms with Gasteiger partial charge in [0.15, 0.2) is 0 Å². The minimum atomic E-state index is -0.252. The van der Waals surface area contributed by atoms with Crippen molar-refractivity contribution in [3.8, 4) is 0 Å². The van der Waals surface area contributed by atoms with Crippen molar-refractivity contribution < 1.29 is 9.59 Å². The van der Waals surface area contributed by atoms with Gasteiger partial charge in [-0.2, -0.15) is 10.2 Å². The second-order valence-corrected chi connectivity index (χ2v) is 6.94. The van der Waals surface area contributed by atoms with Crippen molar-refractivity contribution in [1.29, 1.82) is 0 Å². The molecule has 2 aliphatic rings. The Balaban J connectivity index is 1.53. The third kappa shape index (κ3) is 5.25. The summed E-state index contributed by atoms with van der Waals surface area (Å²) >= 11 is 0. The maximum absolute atomic E-state index is 12.2. The van der Waals surface area contributed by atoms with E-state index in [1.54, 1.807) is 24.3 Å². The van der Waals surface area contributed by atoms with E-state index >= 15 is 0 Å². The van der Waals surface area contributed by atoms with E-state index in [1.165, 1.54) is 12.8 Å². The Hall–Kier alpha value is -2.50. The van der Waals surface area contributed by atoms with E-state index in [9.17, 15) is 9.59 Å². The lowest BCUT2D eigenvalue weighted by Gasteiger charge is -2.12. The Morgan fingerprint density at radius 3 is 1.31 bits per heavy atom. The van der Waals surface area contributed by atoms with Crippen LogP contribution in [0.25, 0.3) is 0 Å². The van der Waals surface area contributed by atoms with Gasteiger partial charge in [-0.15, -0.1) is 0 Å². The number of nitrogens with one attached hydrogen (secondary N) is 2. The van der Waals surface area contributed by atoms with Crippen LogP contribution in [0.2, 0.25) is 0 Å². The number of nitrogens with zero attached hydrogens (tertiary/aromatic N) is 2. The van der Waals surface area contributed by atoms with E-state index in [0.717, 1.165) is 62.8 Å². The first-order valence-electron chi connectivity index (χ1n) is 9.54. The molecule has 2 saturated carbocycles. The van der Waals surface area contributed by atoms with Crippen LogP contribution in [0.15, 0.2) is 34.5 Å². The minimum absolute atomic E-state index is 0.252. The number of hydrogen-bond acceptors (Lipinski definition) is 4. The molecule has 0 radical (unpaired) electrons. The van der Waals surface area contributed by atoms with Gasteiger partial charge in [-0.05, 0) is 75.6 Å². The minimum Gasteiger partial charge on any atom is -0.267 e. The molecule has 2 aliphatic carbocycles. The number of carbonyl (C=O) groups excluding carboxylic acids is 2. The van der Waals surface area contributed by atoms with Crippen LogP contribution in [0, 0.1) is 0 Å². The van der Waals surface area contributed by atoms with Gasteiger partial charge in [-0.25, -0.2) is 10.9 Å². The zero-order valence-electron chi connectivity index (χ0n) is 15.1. The lowest BCUT2D eigenvalue weighted by atomic mass is 9.99. The molecule has 138 valence electrons. The van der Waals surface area contributed by atoms with Gasteiger partial charge in [0.05, 0.1) is 0 Å². The molecular weight excluding hydrogens is 328 g/mol. The van der Waals surface area contributed by atoms with Crippen molar-refractivity contribution in [2.75, 3.05) is 0 Å². The lowest BCUT2D eigenvalue weighted by molar-refractivity contribution is 0.0943. The Labute approximate surface area is 154 Å². The van der Waals surface area contributed by atoms with Crippen LogP contribution in [-0.4, -0.2) is 23.2 Å². The average Bonchev–Trinajstić information content (AvgIpc) is 2.72. The van der Waals surface area contributed by atoms with Gasteiger partial charge >= 0.3 is 0 Å². The summed E-state index contributed by atoms with van der Waals surface area (Å²) in [5, 5.41) is 8.44. The predicted molar refractivity (Wildman–Crippen MR) is 102 cm³/mol. The van der Waals surface area contributed by atoms with Crippen molar-refractivity contribution in [3.63, 3.8) is 0 Å². The van der Waals surface area contributed by atoms with E-state index in [4.69, 9.17) is 0 Å². The number of carbonyl (C=O) groups is 2. The van der Waals surface area contributed by atoms with Gasteiger partial charge in [0.25, 0.3) is 11.8 Å². The number of hydrogen-bond donors (Lipinski definition) is 2. The Morgan fingerprint density at radius 2 is 0.962 bits per heavy atom. The summed E-state index contributed by atoms with van der Waals surface area (Å²) in [5.74, 6) is -0.505. The number of rotatable bonds is 4. The van der Waals surface area contributed by atoms with E-state index in [2.05, 4.69) is 21.1 Å². The molecule has 0 aliphatic heterocycles. The zero-order chi connectivity index (χ0) is 18.2. The molecule has 1 aromatic carbocycles. The van der Waals surface area contributed by atoms with Crippen LogP contribution in [0.4, 0.5) is 0 Å². The van der Waals surface area contributed by atoms with Crippen molar-refractivity contribution >= 4 is 23.2 Å². The zero-order valence-corrected chi connectivity index (χ0v) is 15.1. The van der Waals surface area contributed by atoms with E-state index in [0.29, 0.717) is 11.1 Å². The fourth-order valence-electron chi connectivity index (χ4n) is 3.31. The first kappa shape index (κ1) is 18.3. The normalized spacial score (nSPS) is 17.4. The SMILES string of the molecule is O=C(NN=C1CCCCC1)c1ccc(C(=O)NN=C2CCCCC2)cc1. The molecule has 6 nitrogen and oxygen atoms in total. The molecule has 0 atom stereocenters. The van der Waals surface area contributed by atoms with Gasteiger partial charge in [0.1, 0.15) is 0 Å². The molecular formula is C20H26N4O2. The van der Waals surface area contributed by atoms with Crippen LogP contribution < -0.4 is 10.9 Å². The Bertz CT molecular complexity index is 630. The average molecular weight is 354 g/mol. The highest BCUT2D eigenvalue weighted by atomic mass is 16.2. The first-order valence-corrected chi connectivity index (χ1v) is 9.54. The highest BCUT2D eigenvalue weighted by Gasteiger charge is 2.11. The fraction of sp³-hybridized carbons (Fsp3) is 0.500. The highest BCUT2D eigenvalue weighted by molar-refractivity contribution is 5.98. The molecule has 2 amide bonds. The third-order valence-corrected chi connectivity index (χ3v) is 4.90. The fourth-order valence-corrected chi connectivity index (χ4v) is 3.31. The molecule has 2 fully saturated rings. The second kappa shape index (κ2) is 9.27. The summed E-state index contributed by atoms with van der Waals surface area (Å²) in [6.07, 6.45) is 10.9. The van der Waals surface area contributed by atoms with E-state index in [1.807, 2.05) is 0 Å². The summed E-state index contributed by atoms with van der Waals surface area (Å²) in [4.78, 5) is 24.3. The molecule has 1 aromatic rings. The largest absolute Gasteiger partial charge is 0.271 e. The molecule has 26 heavy (non-hydrogen) atoms. The van der Waals surface area contributed by atoms with Gasteiger partial charge in [-0.3, -0.25) is 9.59 Å². The second-order valence-electron chi connectivity index (χ2n) is 6.94. The standard InChI is InChI=1S/C20H26N4O2/c25-19(23-21-17-7-3-1-4-8-17)15-11-13-16(14-12-15)20(26)24-22-18-9-5-2-6-10-18/h11-14H,1-10H2,(H,23,25)(H,24,26). The molecule has 3 rings (SSSR count). The molecule has 2 N–H and O–H groups in total. The van der Waals surface area contributed by atoms with Gasteiger partial charge in [-0.1, -0.05) is 12.8 Å². The molecule has 0 aromatic heterocycles. The van der Waals surface area contributed by atoms with E-state index < -0.39 is 0 Å². The summed E-state index contributed by atoms with van der Waals surface area (Å²) in [7, 11) is 0. The molecule has 6 heteroatoms. The molecule has 0 saturated heterocycles. The summed E-state index contributed by atoms with van der Waals surface area (Å²) in [6, 6.07) is 6.55. The van der Waals surface area contributed by atoms with Gasteiger partial charge in [0.2, 0.25) is 0 Å². The quantitative estimate of drug-likeness (QED) is 0.807. The third-order valence-electron chi connectivity index (χ3n) is 4.90. The number of benzene rings is 1. The van der Waals surface area contributed by atoms with Crippen molar-refractivity contribution in [3.05, 3.63) is 35.4 Å². The van der Waals surface area contributed by atoms with E-state index in [-0.39, 0.29) is 11.8 Å². The van der Waals surface area contributed by atoms with Gasteiger partial charge in [0, 0.05) is 22.6 Å². The van der Waals surface area contributed by atoms with Crippen LogP contribution in [0.5, 0.6) is 0 Å². The maximum atomic E-state index is 12.2.